The Bertz CT molecular complexity index is 363. The lowest BCUT2D eigenvalue weighted by Crippen LogP contribution is -2.04. The Kier molecular flexibility index (Phi) is 3.45. The van der Waals surface area contributed by atoms with Gasteiger partial charge in [-0.15, -0.1) is 0 Å². The van der Waals surface area contributed by atoms with Gasteiger partial charge in [0.15, 0.2) is 0 Å². The average molecular weight is 316 g/mol. The molecule has 0 fully saturated rings. The van der Waals surface area contributed by atoms with E-state index >= 15 is 0 Å². The first-order valence-electron chi connectivity index (χ1n) is 4.91. The van der Waals surface area contributed by atoms with Gasteiger partial charge in [-0.1, -0.05) is 18.2 Å². The number of halogens is 2. The second-order valence-corrected chi connectivity index (χ2v) is 6.40. The highest BCUT2D eigenvalue weighted by Gasteiger charge is 2.11. The molecule has 0 atom stereocenters. The summed E-state index contributed by atoms with van der Waals surface area (Å²) in [5.74, 6) is 0. The summed E-state index contributed by atoms with van der Waals surface area (Å²) in [6.07, 6.45) is 7.30. The van der Waals surface area contributed by atoms with Crippen molar-refractivity contribution in [2.45, 2.75) is 25.7 Å². The van der Waals surface area contributed by atoms with Gasteiger partial charge in [0.1, 0.15) is 0 Å². The van der Waals surface area contributed by atoms with Gasteiger partial charge in [-0.2, -0.15) is 0 Å². The maximum absolute atomic E-state index is 3.42. The Labute approximate surface area is 102 Å². The lowest BCUT2D eigenvalue weighted by molar-refractivity contribution is 0.684. The van der Waals surface area contributed by atoms with Gasteiger partial charge in [0.05, 0.1) is 3.39 Å². The summed E-state index contributed by atoms with van der Waals surface area (Å²) in [7, 11) is 0. The van der Waals surface area contributed by atoms with Crippen LogP contribution in [0.2, 0.25) is 0 Å². The summed E-state index contributed by atoms with van der Waals surface area (Å²) in [6, 6.07) is 6.60. The summed E-state index contributed by atoms with van der Waals surface area (Å²) >= 11 is 6.83. The molecule has 1 aliphatic carbocycles. The zero-order valence-electron chi connectivity index (χ0n) is 7.89. The third kappa shape index (κ3) is 2.29. The largest absolute Gasteiger partial charge is 0.0614 e. The molecule has 0 saturated heterocycles. The molecule has 0 amide bonds. The van der Waals surface area contributed by atoms with Crippen LogP contribution >= 0.6 is 31.9 Å². The molecule has 0 heterocycles. The van der Waals surface area contributed by atoms with E-state index in [0.717, 1.165) is 3.39 Å². The van der Waals surface area contributed by atoms with Gasteiger partial charge in [0, 0.05) is 0 Å². The standard InChI is InChI=1S/C12H12Br2/c13-12(14)8-10-6-3-5-9-4-1-2-7-11(9)10/h3,5-6,8H,1-2,4,7H2. The third-order valence-electron chi connectivity index (χ3n) is 2.70. The van der Waals surface area contributed by atoms with Gasteiger partial charge in [-0.05, 0) is 80.3 Å². The maximum atomic E-state index is 3.42. The van der Waals surface area contributed by atoms with Crippen molar-refractivity contribution in [2.24, 2.45) is 0 Å². The number of rotatable bonds is 1. The second-order valence-electron chi connectivity index (χ2n) is 3.63. The van der Waals surface area contributed by atoms with Crippen molar-refractivity contribution in [2.75, 3.05) is 0 Å². The molecule has 0 N–H and O–H groups in total. The van der Waals surface area contributed by atoms with Crippen LogP contribution in [0.5, 0.6) is 0 Å². The van der Waals surface area contributed by atoms with Crippen molar-refractivity contribution in [3.63, 3.8) is 0 Å². The summed E-state index contributed by atoms with van der Waals surface area (Å²) < 4.78 is 1.02. The lowest BCUT2D eigenvalue weighted by Gasteiger charge is -2.17. The van der Waals surface area contributed by atoms with Crippen molar-refractivity contribution >= 4 is 37.9 Å². The van der Waals surface area contributed by atoms with Crippen molar-refractivity contribution in [1.82, 2.24) is 0 Å². The first-order valence-corrected chi connectivity index (χ1v) is 6.49. The monoisotopic (exact) mass is 314 g/mol. The highest BCUT2D eigenvalue weighted by molar-refractivity contribution is 9.28. The first kappa shape index (κ1) is 10.4. The summed E-state index contributed by atoms with van der Waals surface area (Å²) in [6.45, 7) is 0. The van der Waals surface area contributed by atoms with Gasteiger partial charge in [0.25, 0.3) is 0 Å². The number of benzene rings is 1. The van der Waals surface area contributed by atoms with E-state index in [1.807, 2.05) is 0 Å². The summed E-state index contributed by atoms with van der Waals surface area (Å²) in [4.78, 5) is 0. The van der Waals surface area contributed by atoms with Crippen molar-refractivity contribution in [3.05, 3.63) is 38.3 Å². The van der Waals surface area contributed by atoms with Gasteiger partial charge in [-0.25, -0.2) is 0 Å². The van der Waals surface area contributed by atoms with E-state index < -0.39 is 0 Å². The van der Waals surface area contributed by atoms with E-state index in [2.05, 4.69) is 56.1 Å². The molecular formula is C12H12Br2. The second kappa shape index (κ2) is 4.63. The molecule has 0 aliphatic heterocycles. The molecule has 0 radical (unpaired) electrons. The molecule has 74 valence electrons. The molecule has 1 aromatic rings. The van der Waals surface area contributed by atoms with Crippen LogP contribution in [0.4, 0.5) is 0 Å². The smallest absolute Gasteiger partial charge is 0.0610 e. The van der Waals surface area contributed by atoms with Crippen LogP contribution in [0.3, 0.4) is 0 Å². The number of hydrogen-bond acceptors (Lipinski definition) is 0. The molecule has 0 spiro atoms. The predicted octanol–water partition coefficient (Wildman–Crippen LogP) is 4.65. The summed E-state index contributed by atoms with van der Waals surface area (Å²) in [5.41, 5.74) is 4.42. The molecule has 1 aliphatic rings. The number of fused-ring (bicyclic) bond motifs is 1. The van der Waals surface area contributed by atoms with Crippen molar-refractivity contribution in [3.8, 4) is 0 Å². The minimum atomic E-state index is 1.02. The highest BCUT2D eigenvalue weighted by Crippen LogP contribution is 2.27. The SMILES string of the molecule is BrC(Br)=Cc1cccc2c1CCCC2. The van der Waals surface area contributed by atoms with Crippen molar-refractivity contribution in [1.29, 1.82) is 0 Å². The van der Waals surface area contributed by atoms with E-state index in [4.69, 9.17) is 0 Å². The quantitative estimate of drug-likeness (QED) is 0.707. The summed E-state index contributed by atoms with van der Waals surface area (Å²) in [5, 5.41) is 0. The fourth-order valence-corrected chi connectivity index (χ4v) is 2.56. The normalized spacial score (nSPS) is 14.7. The molecule has 0 nitrogen and oxygen atoms in total. The number of aryl methyl sites for hydroxylation is 1. The molecule has 0 unspecified atom stereocenters. The van der Waals surface area contributed by atoms with Gasteiger partial charge in [0.2, 0.25) is 0 Å². The molecule has 0 aromatic heterocycles. The first-order chi connectivity index (χ1) is 6.77. The van der Waals surface area contributed by atoms with Gasteiger partial charge < -0.3 is 0 Å². The minimum Gasteiger partial charge on any atom is -0.0614 e. The molecule has 0 bridgehead atoms. The molecule has 1 aromatic carbocycles. The maximum Gasteiger partial charge on any atom is 0.0610 e. The average Bonchev–Trinajstić information content (AvgIpc) is 2.18. The van der Waals surface area contributed by atoms with Crippen LogP contribution in [-0.2, 0) is 12.8 Å². The zero-order valence-corrected chi connectivity index (χ0v) is 11.1. The van der Waals surface area contributed by atoms with Crippen LogP contribution in [-0.4, -0.2) is 0 Å². The lowest BCUT2D eigenvalue weighted by atomic mass is 9.88. The Morgan fingerprint density at radius 1 is 1.14 bits per heavy atom. The highest BCUT2D eigenvalue weighted by atomic mass is 79.9. The fraction of sp³-hybridized carbons (Fsp3) is 0.333. The van der Waals surface area contributed by atoms with Crippen LogP contribution in [0.15, 0.2) is 21.6 Å². The van der Waals surface area contributed by atoms with Gasteiger partial charge >= 0.3 is 0 Å². The van der Waals surface area contributed by atoms with Crippen LogP contribution in [0.1, 0.15) is 29.5 Å². The molecular weight excluding hydrogens is 304 g/mol. The zero-order chi connectivity index (χ0) is 9.97. The number of hydrogen-bond donors (Lipinski definition) is 0. The Morgan fingerprint density at radius 3 is 2.71 bits per heavy atom. The third-order valence-corrected chi connectivity index (χ3v) is 3.15. The van der Waals surface area contributed by atoms with E-state index in [1.165, 1.54) is 42.4 Å². The van der Waals surface area contributed by atoms with E-state index in [0.29, 0.717) is 0 Å². The molecule has 2 rings (SSSR count). The minimum absolute atomic E-state index is 1.02. The van der Waals surface area contributed by atoms with E-state index in [1.54, 1.807) is 0 Å². The molecule has 2 heteroatoms. The molecule has 14 heavy (non-hydrogen) atoms. The van der Waals surface area contributed by atoms with Crippen LogP contribution < -0.4 is 0 Å². The van der Waals surface area contributed by atoms with E-state index in [9.17, 15) is 0 Å². The van der Waals surface area contributed by atoms with Crippen LogP contribution in [0.25, 0.3) is 6.08 Å². The Balaban J connectivity index is 2.45. The topological polar surface area (TPSA) is 0 Å². The fourth-order valence-electron chi connectivity index (χ4n) is 2.06. The Hall–Kier alpha value is -0.0800. The predicted molar refractivity (Wildman–Crippen MR) is 68.9 cm³/mol. The van der Waals surface area contributed by atoms with Crippen LogP contribution in [0, 0.1) is 0 Å². The van der Waals surface area contributed by atoms with Gasteiger partial charge in [-0.3, -0.25) is 0 Å². The Morgan fingerprint density at radius 2 is 1.93 bits per heavy atom. The van der Waals surface area contributed by atoms with E-state index in [-0.39, 0.29) is 0 Å². The van der Waals surface area contributed by atoms with Crippen molar-refractivity contribution < 1.29 is 0 Å². The molecule has 0 saturated carbocycles.